The number of carbonyl (C=O) groups is 2. The molecule has 0 bridgehead atoms. The van der Waals surface area contributed by atoms with Gasteiger partial charge in [0.15, 0.2) is 0 Å². The molecule has 0 saturated heterocycles. The Hall–Kier alpha value is -3.67. The first-order valence-corrected chi connectivity index (χ1v) is 8.97. The number of rotatable bonds is 4. The lowest BCUT2D eigenvalue weighted by Gasteiger charge is -2.12. The molecule has 140 valence electrons. The molecule has 0 aliphatic carbocycles. The number of hydrogen-bond donors (Lipinski definition) is 3. The number of aliphatic carboxylic acids is 1. The summed E-state index contributed by atoms with van der Waals surface area (Å²) in [5, 5.41) is 13.4. The molecule has 0 fully saturated rings. The Labute approximate surface area is 161 Å². The standard InChI is InChI=1S/C22H19N3O3/c1-12-7-3-4-8-14(12)19-20-16(15-9-5-6-10-17(15)24-20)11-18(25-19)21(26)23-13(2)22(27)28/h3-11,13,24H,1-2H3,(H,23,26)(H,27,28). The Kier molecular flexibility index (Phi) is 4.31. The number of benzene rings is 2. The predicted octanol–water partition coefficient (Wildman–Crippen LogP) is 3.89. The summed E-state index contributed by atoms with van der Waals surface area (Å²) in [5.74, 6) is -1.61. The van der Waals surface area contributed by atoms with Crippen LogP contribution in [0.2, 0.25) is 0 Å². The normalized spacial score (nSPS) is 12.2. The highest BCUT2D eigenvalue weighted by molar-refractivity contribution is 6.13. The van der Waals surface area contributed by atoms with Gasteiger partial charge >= 0.3 is 5.97 Å². The molecule has 4 rings (SSSR count). The zero-order chi connectivity index (χ0) is 19.8. The van der Waals surface area contributed by atoms with Gasteiger partial charge in [-0.25, -0.2) is 4.98 Å². The van der Waals surface area contributed by atoms with Crippen LogP contribution in [0.4, 0.5) is 0 Å². The Balaban J connectivity index is 1.97. The van der Waals surface area contributed by atoms with Crippen molar-refractivity contribution in [2.45, 2.75) is 19.9 Å². The first-order chi connectivity index (χ1) is 13.5. The van der Waals surface area contributed by atoms with E-state index < -0.39 is 17.9 Å². The molecule has 0 spiro atoms. The topological polar surface area (TPSA) is 95.1 Å². The van der Waals surface area contributed by atoms with E-state index in [1.807, 2.05) is 55.5 Å². The molecule has 4 aromatic rings. The van der Waals surface area contributed by atoms with Crippen LogP contribution in [0.15, 0.2) is 54.6 Å². The maximum Gasteiger partial charge on any atom is 0.325 e. The zero-order valence-corrected chi connectivity index (χ0v) is 15.5. The highest BCUT2D eigenvalue weighted by atomic mass is 16.4. The van der Waals surface area contributed by atoms with Crippen molar-refractivity contribution in [2.75, 3.05) is 0 Å². The van der Waals surface area contributed by atoms with Crippen molar-refractivity contribution >= 4 is 33.7 Å². The second kappa shape index (κ2) is 6.81. The molecule has 2 heterocycles. The van der Waals surface area contributed by atoms with Crippen molar-refractivity contribution < 1.29 is 14.7 Å². The first-order valence-electron chi connectivity index (χ1n) is 8.97. The van der Waals surface area contributed by atoms with Crippen LogP contribution in [0.25, 0.3) is 33.1 Å². The Bertz CT molecular complexity index is 1230. The van der Waals surface area contributed by atoms with Crippen molar-refractivity contribution in [1.29, 1.82) is 0 Å². The van der Waals surface area contributed by atoms with E-state index in [9.17, 15) is 9.59 Å². The van der Waals surface area contributed by atoms with Crippen LogP contribution in [0.1, 0.15) is 23.0 Å². The summed E-state index contributed by atoms with van der Waals surface area (Å²) in [7, 11) is 0. The van der Waals surface area contributed by atoms with Crippen molar-refractivity contribution in [1.82, 2.24) is 15.3 Å². The molecule has 1 atom stereocenters. The highest BCUT2D eigenvalue weighted by Gasteiger charge is 2.20. The minimum absolute atomic E-state index is 0.184. The third-order valence-corrected chi connectivity index (χ3v) is 4.85. The van der Waals surface area contributed by atoms with E-state index in [1.54, 1.807) is 6.07 Å². The lowest BCUT2D eigenvalue weighted by atomic mass is 10.0. The van der Waals surface area contributed by atoms with Gasteiger partial charge in [0, 0.05) is 21.9 Å². The van der Waals surface area contributed by atoms with Gasteiger partial charge in [-0.1, -0.05) is 42.5 Å². The van der Waals surface area contributed by atoms with E-state index in [0.29, 0.717) is 5.69 Å². The molecule has 2 aromatic heterocycles. The lowest BCUT2D eigenvalue weighted by Crippen LogP contribution is -2.38. The predicted molar refractivity (Wildman–Crippen MR) is 108 cm³/mol. The number of aromatic nitrogens is 2. The van der Waals surface area contributed by atoms with E-state index in [2.05, 4.69) is 15.3 Å². The first kappa shape index (κ1) is 17.7. The second-order valence-electron chi connectivity index (χ2n) is 6.80. The number of carboxylic acid groups (broad SMARTS) is 1. The SMILES string of the molecule is Cc1ccccc1-c1nc(C(=O)NC(C)C(=O)O)cc2c1[nH]c1ccccc12. The van der Waals surface area contributed by atoms with Crippen LogP contribution in [0.3, 0.4) is 0 Å². The van der Waals surface area contributed by atoms with Gasteiger partial charge in [-0.2, -0.15) is 0 Å². The van der Waals surface area contributed by atoms with Gasteiger partial charge in [0.1, 0.15) is 11.7 Å². The molecule has 6 heteroatoms. The highest BCUT2D eigenvalue weighted by Crippen LogP contribution is 2.33. The zero-order valence-electron chi connectivity index (χ0n) is 15.5. The smallest absolute Gasteiger partial charge is 0.325 e. The van der Waals surface area contributed by atoms with Crippen LogP contribution in [-0.2, 0) is 4.79 Å². The van der Waals surface area contributed by atoms with Gasteiger partial charge in [-0.15, -0.1) is 0 Å². The maximum atomic E-state index is 12.7. The number of aryl methyl sites for hydroxylation is 1. The molecule has 6 nitrogen and oxygen atoms in total. The van der Waals surface area contributed by atoms with Gasteiger partial charge in [0.25, 0.3) is 5.91 Å². The van der Waals surface area contributed by atoms with Gasteiger partial charge in [0.2, 0.25) is 0 Å². The van der Waals surface area contributed by atoms with Crippen LogP contribution in [0, 0.1) is 6.92 Å². The fourth-order valence-electron chi connectivity index (χ4n) is 3.33. The van der Waals surface area contributed by atoms with Crippen molar-refractivity contribution in [3.05, 3.63) is 65.9 Å². The third kappa shape index (κ3) is 2.99. The molecular formula is C22H19N3O3. The largest absolute Gasteiger partial charge is 0.480 e. The molecule has 0 aliphatic rings. The molecule has 0 aliphatic heterocycles. The Morgan fingerprint density at radius 1 is 1.07 bits per heavy atom. The van der Waals surface area contributed by atoms with E-state index in [4.69, 9.17) is 5.11 Å². The number of hydrogen-bond acceptors (Lipinski definition) is 3. The number of amides is 1. The molecule has 0 saturated carbocycles. The summed E-state index contributed by atoms with van der Waals surface area (Å²) >= 11 is 0. The monoisotopic (exact) mass is 373 g/mol. The van der Waals surface area contributed by atoms with Gasteiger partial charge in [-0.05, 0) is 31.5 Å². The van der Waals surface area contributed by atoms with Crippen molar-refractivity contribution in [3.8, 4) is 11.3 Å². The minimum atomic E-state index is -1.10. The van der Waals surface area contributed by atoms with E-state index in [-0.39, 0.29) is 5.69 Å². The summed E-state index contributed by atoms with van der Waals surface area (Å²) in [4.78, 5) is 31.8. The summed E-state index contributed by atoms with van der Waals surface area (Å²) in [6, 6.07) is 16.4. The minimum Gasteiger partial charge on any atom is -0.480 e. The summed E-state index contributed by atoms with van der Waals surface area (Å²) in [6.07, 6.45) is 0. The summed E-state index contributed by atoms with van der Waals surface area (Å²) in [5.41, 5.74) is 4.60. The molecule has 2 aromatic carbocycles. The van der Waals surface area contributed by atoms with Crippen LogP contribution in [-0.4, -0.2) is 33.0 Å². The number of nitrogens with one attached hydrogen (secondary N) is 2. The van der Waals surface area contributed by atoms with Crippen molar-refractivity contribution in [2.24, 2.45) is 0 Å². The fourth-order valence-corrected chi connectivity index (χ4v) is 3.33. The molecule has 28 heavy (non-hydrogen) atoms. The average molecular weight is 373 g/mol. The average Bonchev–Trinajstić information content (AvgIpc) is 3.06. The number of nitrogens with zero attached hydrogens (tertiary/aromatic N) is 1. The number of H-pyrrole nitrogens is 1. The van der Waals surface area contributed by atoms with E-state index in [0.717, 1.165) is 32.9 Å². The number of pyridine rings is 1. The third-order valence-electron chi connectivity index (χ3n) is 4.85. The molecule has 3 N–H and O–H groups in total. The summed E-state index contributed by atoms with van der Waals surface area (Å²) in [6.45, 7) is 3.41. The number of aromatic amines is 1. The van der Waals surface area contributed by atoms with Crippen LogP contribution < -0.4 is 5.32 Å². The van der Waals surface area contributed by atoms with Gasteiger partial charge in [-0.3, -0.25) is 9.59 Å². The number of para-hydroxylation sites is 1. The molecule has 1 unspecified atom stereocenters. The Morgan fingerprint density at radius 2 is 1.79 bits per heavy atom. The van der Waals surface area contributed by atoms with Crippen molar-refractivity contribution in [3.63, 3.8) is 0 Å². The van der Waals surface area contributed by atoms with Gasteiger partial charge in [0.05, 0.1) is 11.2 Å². The van der Waals surface area contributed by atoms with Crippen LogP contribution >= 0.6 is 0 Å². The second-order valence-corrected chi connectivity index (χ2v) is 6.80. The van der Waals surface area contributed by atoms with E-state index >= 15 is 0 Å². The Morgan fingerprint density at radius 3 is 2.54 bits per heavy atom. The lowest BCUT2D eigenvalue weighted by molar-refractivity contribution is -0.138. The number of fused-ring (bicyclic) bond motifs is 3. The molecule has 1 amide bonds. The molecular weight excluding hydrogens is 354 g/mol. The maximum absolute atomic E-state index is 12.7. The van der Waals surface area contributed by atoms with Crippen LogP contribution in [0.5, 0.6) is 0 Å². The van der Waals surface area contributed by atoms with E-state index in [1.165, 1.54) is 6.92 Å². The summed E-state index contributed by atoms with van der Waals surface area (Å²) < 4.78 is 0. The number of carbonyl (C=O) groups excluding carboxylic acids is 1. The quantitative estimate of drug-likeness (QED) is 0.506. The van der Waals surface area contributed by atoms with Gasteiger partial charge < -0.3 is 15.4 Å². The molecule has 0 radical (unpaired) electrons. The fraction of sp³-hybridized carbons (Fsp3) is 0.136. The number of carboxylic acids is 1.